The Kier molecular flexibility index (Phi) is 6.06. The molecular formula is C15H16Cl2N4O3S. The third-order valence-electron chi connectivity index (χ3n) is 3.67. The van der Waals surface area contributed by atoms with Crippen molar-refractivity contribution in [1.29, 1.82) is 0 Å². The summed E-state index contributed by atoms with van der Waals surface area (Å²) in [5.41, 5.74) is 0.176. The topological polar surface area (TPSA) is 89.0 Å². The second kappa shape index (κ2) is 8.27. The fourth-order valence-corrected chi connectivity index (χ4v) is 3.69. The van der Waals surface area contributed by atoms with Crippen LogP contribution in [0, 0.1) is 0 Å². The number of hydrogen-bond donors (Lipinski definition) is 2. The number of nitrogens with one attached hydrogen (secondary N) is 2. The molecule has 0 saturated carbocycles. The van der Waals surface area contributed by atoms with Crippen molar-refractivity contribution in [2.75, 3.05) is 17.7 Å². The predicted octanol–water partition coefficient (Wildman–Crippen LogP) is 2.79. The van der Waals surface area contributed by atoms with Gasteiger partial charge in [0.15, 0.2) is 5.16 Å². The van der Waals surface area contributed by atoms with E-state index in [0.29, 0.717) is 34.0 Å². The van der Waals surface area contributed by atoms with Gasteiger partial charge in [-0.3, -0.25) is 9.36 Å². The van der Waals surface area contributed by atoms with E-state index in [1.165, 1.54) is 16.3 Å². The van der Waals surface area contributed by atoms with Crippen molar-refractivity contribution in [3.05, 3.63) is 38.7 Å². The molecule has 0 spiro atoms. The molecule has 0 radical (unpaired) electrons. The number of carbonyl (C=O) groups excluding carboxylic acids is 1. The number of hydrogen-bond acceptors (Lipinski definition) is 5. The van der Waals surface area contributed by atoms with E-state index in [1.54, 1.807) is 18.2 Å². The maximum Gasteiger partial charge on any atom is 0.344 e. The van der Waals surface area contributed by atoms with E-state index < -0.39 is 0 Å². The number of rotatable bonds is 6. The van der Waals surface area contributed by atoms with Gasteiger partial charge in [-0.1, -0.05) is 35.0 Å². The van der Waals surface area contributed by atoms with E-state index in [0.717, 1.165) is 12.8 Å². The third-order valence-corrected chi connectivity index (χ3v) is 5.20. The number of amides is 1. The normalized spacial score (nSPS) is 17.0. The van der Waals surface area contributed by atoms with Crippen LogP contribution < -0.4 is 11.0 Å². The monoisotopic (exact) mass is 402 g/mol. The predicted molar refractivity (Wildman–Crippen MR) is 97.6 cm³/mol. The van der Waals surface area contributed by atoms with Crippen LogP contribution in [0.4, 0.5) is 5.69 Å². The molecule has 3 rings (SSSR count). The fraction of sp³-hybridized carbons (Fsp3) is 0.400. The Bertz CT molecular complexity index is 817. The van der Waals surface area contributed by atoms with Crippen LogP contribution in [-0.2, 0) is 16.1 Å². The van der Waals surface area contributed by atoms with E-state index >= 15 is 0 Å². The molecule has 2 aromatic rings. The lowest BCUT2D eigenvalue weighted by Crippen LogP contribution is -2.25. The fourth-order valence-electron chi connectivity index (χ4n) is 2.47. The van der Waals surface area contributed by atoms with E-state index in [4.69, 9.17) is 27.9 Å². The SMILES string of the molecule is O=C(CSc1n[nH]c(=O)n1C[C@@H]1CCCO1)Nc1ccc(Cl)cc1Cl. The van der Waals surface area contributed by atoms with Gasteiger partial charge in [0.2, 0.25) is 5.91 Å². The van der Waals surface area contributed by atoms with Crippen LogP contribution in [0.25, 0.3) is 0 Å². The Morgan fingerprint density at radius 2 is 2.32 bits per heavy atom. The minimum Gasteiger partial charge on any atom is -0.376 e. The zero-order valence-electron chi connectivity index (χ0n) is 13.1. The van der Waals surface area contributed by atoms with Gasteiger partial charge in [-0.25, -0.2) is 9.89 Å². The highest BCUT2D eigenvalue weighted by molar-refractivity contribution is 7.99. The molecule has 7 nitrogen and oxygen atoms in total. The number of ether oxygens (including phenoxy) is 1. The third kappa shape index (κ3) is 4.78. The minimum absolute atomic E-state index is 0.0105. The Morgan fingerprint density at radius 1 is 1.48 bits per heavy atom. The Morgan fingerprint density at radius 3 is 3.04 bits per heavy atom. The molecule has 10 heteroatoms. The van der Waals surface area contributed by atoms with Gasteiger partial charge in [0.1, 0.15) is 0 Å². The number of benzene rings is 1. The van der Waals surface area contributed by atoms with Gasteiger partial charge < -0.3 is 10.1 Å². The smallest absolute Gasteiger partial charge is 0.344 e. The molecule has 0 bridgehead atoms. The van der Waals surface area contributed by atoms with Gasteiger partial charge in [0.25, 0.3) is 0 Å². The minimum atomic E-state index is -0.306. The van der Waals surface area contributed by atoms with Crippen LogP contribution in [0.2, 0.25) is 10.0 Å². The van der Waals surface area contributed by atoms with Crippen LogP contribution in [0.5, 0.6) is 0 Å². The average molecular weight is 403 g/mol. The summed E-state index contributed by atoms with van der Waals surface area (Å²) in [6.45, 7) is 1.15. The summed E-state index contributed by atoms with van der Waals surface area (Å²) in [7, 11) is 0. The Hall–Kier alpha value is -1.48. The van der Waals surface area contributed by atoms with Crippen LogP contribution in [-0.4, -0.2) is 39.1 Å². The molecule has 0 aliphatic carbocycles. The van der Waals surface area contributed by atoms with E-state index in [-0.39, 0.29) is 23.5 Å². The highest BCUT2D eigenvalue weighted by Crippen LogP contribution is 2.26. The lowest BCUT2D eigenvalue weighted by atomic mass is 10.2. The van der Waals surface area contributed by atoms with Gasteiger partial charge in [0, 0.05) is 11.6 Å². The van der Waals surface area contributed by atoms with E-state index in [2.05, 4.69) is 15.5 Å². The molecule has 1 aliphatic rings. The lowest BCUT2D eigenvalue weighted by molar-refractivity contribution is -0.113. The first-order valence-corrected chi connectivity index (χ1v) is 9.41. The molecule has 1 amide bonds. The summed E-state index contributed by atoms with van der Waals surface area (Å²) in [6.07, 6.45) is 1.91. The largest absolute Gasteiger partial charge is 0.376 e. The van der Waals surface area contributed by atoms with Crippen LogP contribution in [0.15, 0.2) is 28.2 Å². The van der Waals surface area contributed by atoms with Gasteiger partial charge in [-0.2, -0.15) is 0 Å². The molecule has 25 heavy (non-hydrogen) atoms. The second-order valence-electron chi connectivity index (χ2n) is 5.52. The first-order valence-electron chi connectivity index (χ1n) is 7.67. The summed E-state index contributed by atoms with van der Waals surface area (Å²) in [4.78, 5) is 24.0. The van der Waals surface area contributed by atoms with Crippen molar-refractivity contribution in [1.82, 2.24) is 14.8 Å². The quantitative estimate of drug-likeness (QED) is 0.725. The van der Waals surface area contributed by atoms with E-state index in [1.807, 2.05) is 0 Å². The highest BCUT2D eigenvalue weighted by Gasteiger charge is 2.20. The van der Waals surface area contributed by atoms with Crippen molar-refractivity contribution >= 4 is 46.6 Å². The number of aromatic nitrogens is 3. The van der Waals surface area contributed by atoms with Crippen molar-refractivity contribution < 1.29 is 9.53 Å². The zero-order chi connectivity index (χ0) is 17.8. The molecule has 1 aliphatic heterocycles. The molecule has 1 aromatic carbocycles. The first-order chi connectivity index (χ1) is 12.0. The van der Waals surface area contributed by atoms with Crippen molar-refractivity contribution in [2.24, 2.45) is 0 Å². The molecule has 2 heterocycles. The maximum atomic E-state index is 12.1. The van der Waals surface area contributed by atoms with Gasteiger partial charge >= 0.3 is 5.69 Å². The van der Waals surface area contributed by atoms with E-state index in [9.17, 15) is 9.59 Å². The maximum absolute atomic E-state index is 12.1. The Balaban J connectivity index is 1.59. The summed E-state index contributed by atoms with van der Waals surface area (Å²) in [5, 5.41) is 10.4. The van der Waals surface area contributed by atoms with Crippen LogP contribution in [0.3, 0.4) is 0 Å². The summed E-state index contributed by atoms with van der Waals surface area (Å²) in [5.74, 6) is -0.164. The average Bonchev–Trinajstić information content (AvgIpc) is 3.20. The zero-order valence-corrected chi connectivity index (χ0v) is 15.5. The summed E-state index contributed by atoms with van der Waals surface area (Å²) in [6, 6.07) is 4.83. The molecular weight excluding hydrogens is 387 g/mol. The Labute approximate surface area is 158 Å². The number of nitrogens with zero attached hydrogens (tertiary/aromatic N) is 2. The highest BCUT2D eigenvalue weighted by atomic mass is 35.5. The number of carbonyl (C=O) groups is 1. The number of halogens is 2. The molecule has 0 unspecified atom stereocenters. The number of thioether (sulfide) groups is 1. The van der Waals surface area contributed by atoms with Gasteiger partial charge in [-0.05, 0) is 31.0 Å². The number of H-pyrrole nitrogens is 1. The first kappa shape index (κ1) is 18.3. The molecule has 1 aromatic heterocycles. The molecule has 2 N–H and O–H groups in total. The number of anilines is 1. The van der Waals surface area contributed by atoms with Crippen molar-refractivity contribution in [3.63, 3.8) is 0 Å². The molecule has 134 valence electrons. The number of aromatic amines is 1. The molecule has 1 saturated heterocycles. The van der Waals surface area contributed by atoms with Crippen LogP contribution in [0.1, 0.15) is 12.8 Å². The molecule has 1 fully saturated rings. The van der Waals surface area contributed by atoms with Crippen molar-refractivity contribution in [2.45, 2.75) is 30.6 Å². The lowest BCUT2D eigenvalue weighted by Gasteiger charge is -2.11. The van der Waals surface area contributed by atoms with Gasteiger partial charge in [-0.15, -0.1) is 5.10 Å². The summed E-state index contributed by atoms with van der Waals surface area (Å²) >= 11 is 13.0. The van der Waals surface area contributed by atoms with Crippen LogP contribution >= 0.6 is 35.0 Å². The van der Waals surface area contributed by atoms with Crippen molar-refractivity contribution in [3.8, 4) is 0 Å². The molecule has 1 atom stereocenters. The standard InChI is InChI=1S/C15H16Cl2N4O3S/c16-9-3-4-12(11(17)6-9)18-13(22)8-25-15-20-19-14(23)21(15)7-10-2-1-5-24-10/h3-4,6,10H,1-2,5,7-8H2,(H,18,22)(H,19,23)/t10-/m0/s1. The summed E-state index contributed by atoms with van der Waals surface area (Å²) < 4.78 is 7.05. The second-order valence-corrected chi connectivity index (χ2v) is 7.30. The van der Waals surface area contributed by atoms with Gasteiger partial charge in [0.05, 0.1) is 29.1 Å².